The van der Waals surface area contributed by atoms with Gasteiger partial charge in [-0.25, -0.2) is 4.79 Å². The number of nitrogens with zero attached hydrogens (tertiary/aromatic N) is 2. The highest BCUT2D eigenvalue weighted by molar-refractivity contribution is 7.17. The van der Waals surface area contributed by atoms with Crippen molar-refractivity contribution < 1.29 is 4.74 Å². The Bertz CT molecular complexity index is 903. The molecular formula is C15H14N2O3S. The lowest BCUT2D eigenvalue weighted by atomic mass is 10.2. The smallest absolute Gasteiger partial charge is 0.331 e. The van der Waals surface area contributed by atoms with E-state index in [-0.39, 0.29) is 11.2 Å². The van der Waals surface area contributed by atoms with Crippen LogP contribution >= 0.6 is 11.3 Å². The second-order valence-corrected chi connectivity index (χ2v) is 5.63. The van der Waals surface area contributed by atoms with Gasteiger partial charge >= 0.3 is 5.69 Å². The van der Waals surface area contributed by atoms with Crippen molar-refractivity contribution in [3.05, 3.63) is 62.1 Å². The Morgan fingerprint density at radius 3 is 2.52 bits per heavy atom. The van der Waals surface area contributed by atoms with Crippen LogP contribution in [0, 0.1) is 0 Å². The van der Waals surface area contributed by atoms with E-state index in [1.165, 1.54) is 18.4 Å². The highest BCUT2D eigenvalue weighted by Crippen LogP contribution is 2.17. The van der Waals surface area contributed by atoms with Gasteiger partial charge in [0, 0.05) is 7.05 Å². The minimum Gasteiger partial charge on any atom is -0.497 e. The summed E-state index contributed by atoms with van der Waals surface area (Å²) in [6.45, 7) is 0.421. The van der Waals surface area contributed by atoms with Crippen LogP contribution in [-0.2, 0) is 13.6 Å². The van der Waals surface area contributed by atoms with Crippen LogP contribution in [0.4, 0.5) is 0 Å². The lowest BCUT2D eigenvalue weighted by Crippen LogP contribution is -2.37. The number of hydrogen-bond donors (Lipinski definition) is 0. The zero-order valence-electron chi connectivity index (χ0n) is 11.7. The van der Waals surface area contributed by atoms with Crippen LogP contribution in [0.1, 0.15) is 5.56 Å². The van der Waals surface area contributed by atoms with Crippen molar-refractivity contribution in [3.63, 3.8) is 0 Å². The molecule has 1 aromatic carbocycles. The van der Waals surface area contributed by atoms with Gasteiger partial charge in [-0.05, 0) is 29.1 Å². The maximum Gasteiger partial charge on any atom is 0.331 e. The van der Waals surface area contributed by atoms with Crippen LogP contribution in [0.3, 0.4) is 0 Å². The summed E-state index contributed by atoms with van der Waals surface area (Å²) in [5.41, 5.74) is 1.12. The summed E-state index contributed by atoms with van der Waals surface area (Å²) in [6.07, 6.45) is 0. The molecule has 0 aliphatic carbocycles. The Labute approximate surface area is 124 Å². The van der Waals surface area contributed by atoms with Gasteiger partial charge in [-0.2, -0.15) is 0 Å². The minimum absolute atomic E-state index is 0.240. The van der Waals surface area contributed by atoms with Crippen LogP contribution in [0.2, 0.25) is 0 Å². The van der Waals surface area contributed by atoms with E-state index in [0.717, 1.165) is 15.9 Å². The van der Waals surface area contributed by atoms with E-state index in [9.17, 15) is 9.59 Å². The van der Waals surface area contributed by atoms with Crippen molar-refractivity contribution in [2.24, 2.45) is 7.05 Å². The summed E-state index contributed by atoms with van der Waals surface area (Å²) in [5, 5.41) is 1.83. The highest BCUT2D eigenvalue weighted by Gasteiger charge is 2.12. The molecule has 2 heterocycles. The summed E-state index contributed by atoms with van der Waals surface area (Å²) in [7, 11) is 3.12. The number of rotatable bonds is 3. The molecule has 108 valence electrons. The molecule has 0 saturated heterocycles. The number of thiophene rings is 1. The predicted molar refractivity (Wildman–Crippen MR) is 83.4 cm³/mol. The molecular weight excluding hydrogens is 288 g/mol. The molecule has 0 N–H and O–H groups in total. The Morgan fingerprint density at radius 2 is 1.86 bits per heavy atom. The van der Waals surface area contributed by atoms with Crippen molar-refractivity contribution in [2.75, 3.05) is 7.11 Å². The van der Waals surface area contributed by atoms with Crippen molar-refractivity contribution in [2.45, 2.75) is 6.54 Å². The third kappa shape index (κ3) is 2.27. The van der Waals surface area contributed by atoms with E-state index < -0.39 is 0 Å². The Kier molecular flexibility index (Phi) is 3.39. The SMILES string of the molecule is COc1ccc(Cn2c(=O)n(C)c(=O)c3sccc32)cc1. The molecule has 3 rings (SSSR count). The van der Waals surface area contributed by atoms with Crippen LogP contribution in [0.5, 0.6) is 5.75 Å². The van der Waals surface area contributed by atoms with Gasteiger partial charge in [-0.3, -0.25) is 13.9 Å². The van der Waals surface area contributed by atoms with Gasteiger partial charge in [0.05, 0.1) is 19.2 Å². The molecule has 0 aliphatic rings. The lowest BCUT2D eigenvalue weighted by molar-refractivity contribution is 0.414. The molecule has 5 nitrogen and oxygen atoms in total. The quantitative estimate of drug-likeness (QED) is 0.741. The molecule has 0 amide bonds. The standard InChI is InChI=1S/C15H14N2O3S/c1-16-14(18)13-12(7-8-21-13)17(15(16)19)9-10-3-5-11(20-2)6-4-10/h3-8H,9H2,1-2H3. The molecule has 0 radical (unpaired) electrons. The van der Waals surface area contributed by atoms with Crippen molar-refractivity contribution in [1.82, 2.24) is 9.13 Å². The second-order valence-electron chi connectivity index (χ2n) is 4.72. The van der Waals surface area contributed by atoms with Crippen LogP contribution in [0.15, 0.2) is 45.3 Å². The molecule has 0 bridgehead atoms. The number of ether oxygens (including phenoxy) is 1. The first-order valence-corrected chi connectivity index (χ1v) is 7.29. The van der Waals surface area contributed by atoms with Gasteiger partial charge in [0.25, 0.3) is 5.56 Å². The molecule has 0 unspecified atom stereocenters. The maximum atomic E-state index is 12.3. The average molecular weight is 302 g/mol. The van der Waals surface area contributed by atoms with Crippen LogP contribution in [-0.4, -0.2) is 16.2 Å². The lowest BCUT2D eigenvalue weighted by Gasteiger charge is -2.10. The molecule has 3 aromatic rings. The zero-order valence-corrected chi connectivity index (χ0v) is 12.5. The third-order valence-corrected chi connectivity index (χ3v) is 4.34. The predicted octanol–water partition coefficient (Wildman–Crippen LogP) is 1.82. The summed E-state index contributed by atoms with van der Waals surface area (Å²) < 4.78 is 8.50. The second kappa shape index (κ2) is 5.21. The number of aromatic nitrogens is 2. The largest absolute Gasteiger partial charge is 0.497 e. The number of hydrogen-bond acceptors (Lipinski definition) is 4. The van der Waals surface area contributed by atoms with E-state index in [1.54, 1.807) is 11.7 Å². The van der Waals surface area contributed by atoms with Gasteiger partial charge in [0.2, 0.25) is 0 Å². The van der Waals surface area contributed by atoms with Gasteiger partial charge < -0.3 is 4.74 Å². The fourth-order valence-electron chi connectivity index (χ4n) is 2.26. The van der Waals surface area contributed by atoms with Gasteiger partial charge in [0.15, 0.2) is 0 Å². The van der Waals surface area contributed by atoms with Gasteiger partial charge in [-0.15, -0.1) is 11.3 Å². The van der Waals surface area contributed by atoms with E-state index in [2.05, 4.69) is 0 Å². The van der Waals surface area contributed by atoms with E-state index in [0.29, 0.717) is 16.8 Å². The molecule has 0 spiro atoms. The van der Waals surface area contributed by atoms with Crippen molar-refractivity contribution in [1.29, 1.82) is 0 Å². The van der Waals surface area contributed by atoms with Crippen LogP contribution < -0.4 is 16.0 Å². The molecule has 2 aromatic heterocycles. The average Bonchev–Trinajstić information content (AvgIpc) is 2.99. The summed E-state index contributed by atoms with van der Waals surface area (Å²) >= 11 is 1.35. The minimum atomic E-state index is -0.304. The first-order valence-electron chi connectivity index (χ1n) is 6.42. The topological polar surface area (TPSA) is 53.2 Å². The summed E-state index contributed by atoms with van der Waals surface area (Å²) in [6, 6.07) is 9.34. The van der Waals surface area contributed by atoms with Crippen molar-refractivity contribution in [3.8, 4) is 5.75 Å². The van der Waals surface area contributed by atoms with Crippen molar-refractivity contribution >= 4 is 21.6 Å². The van der Waals surface area contributed by atoms with Gasteiger partial charge in [-0.1, -0.05) is 12.1 Å². The van der Waals surface area contributed by atoms with Crippen LogP contribution in [0.25, 0.3) is 10.2 Å². The fourth-order valence-corrected chi connectivity index (χ4v) is 3.13. The molecule has 0 atom stereocenters. The maximum absolute atomic E-state index is 12.3. The number of fused-ring (bicyclic) bond motifs is 1. The normalized spacial score (nSPS) is 11.0. The van der Waals surface area contributed by atoms with E-state index in [4.69, 9.17) is 4.74 Å². The molecule has 6 heteroatoms. The summed E-state index contributed by atoms with van der Waals surface area (Å²) in [5.74, 6) is 0.771. The Morgan fingerprint density at radius 1 is 1.14 bits per heavy atom. The van der Waals surface area contributed by atoms with E-state index in [1.807, 2.05) is 35.7 Å². The Balaban J connectivity index is 2.13. The number of methoxy groups -OCH3 is 1. The molecule has 0 saturated carbocycles. The molecule has 0 aliphatic heterocycles. The van der Waals surface area contributed by atoms with Gasteiger partial charge in [0.1, 0.15) is 10.4 Å². The summed E-state index contributed by atoms with van der Waals surface area (Å²) in [4.78, 5) is 24.4. The fraction of sp³-hybridized carbons (Fsp3) is 0.200. The van der Waals surface area contributed by atoms with E-state index >= 15 is 0 Å². The monoisotopic (exact) mass is 302 g/mol. The molecule has 0 fully saturated rings. The Hall–Kier alpha value is -2.34. The zero-order chi connectivity index (χ0) is 15.0. The highest BCUT2D eigenvalue weighted by atomic mass is 32.1. The first-order chi connectivity index (χ1) is 10.1. The molecule has 21 heavy (non-hydrogen) atoms. The number of benzene rings is 1. The third-order valence-electron chi connectivity index (χ3n) is 3.45. The first kappa shape index (κ1) is 13.6.